The van der Waals surface area contributed by atoms with E-state index in [-0.39, 0.29) is 10.9 Å². The molecule has 2 aromatic carbocycles. The van der Waals surface area contributed by atoms with Crippen LogP contribution in [0.5, 0.6) is 6.01 Å². The molecule has 0 radical (unpaired) electrons. The predicted octanol–water partition coefficient (Wildman–Crippen LogP) is 2.86. The van der Waals surface area contributed by atoms with E-state index in [1.807, 2.05) is 25.1 Å². The SMILES string of the molecule is CCc1cccc(NS(=O)(=O)c2ccc(-c3cnn4c(O)ncnc34)cc2)c1. The van der Waals surface area contributed by atoms with E-state index in [1.54, 1.807) is 24.4 Å². The number of rotatable bonds is 5. The highest BCUT2D eigenvalue weighted by molar-refractivity contribution is 7.92. The van der Waals surface area contributed by atoms with Crippen LogP contribution in [0.1, 0.15) is 12.5 Å². The highest BCUT2D eigenvalue weighted by Gasteiger charge is 2.16. The summed E-state index contributed by atoms with van der Waals surface area (Å²) in [6, 6.07) is 13.4. The number of hydrogen-bond acceptors (Lipinski definition) is 6. The maximum atomic E-state index is 12.7. The van der Waals surface area contributed by atoms with E-state index >= 15 is 0 Å². The van der Waals surface area contributed by atoms with Gasteiger partial charge in [0.2, 0.25) is 0 Å². The third-order valence-corrected chi connectivity index (χ3v) is 5.75. The molecule has 2 N–H and O–H groups in total. The van der Waals surface area contributed by atoms with Gasteiger partial charge in [-0.25, -0.2) is 13.4 Å². The Labute approximate surface area is 161 Å². The highest BCUT2D eigenvalue weighted by atomic mass is 32.2. The average Bonchev–Trinajstić information content (AvgIpc) is 3.13. The lowest BCUT2D eigenvalue weighted by Crippen LogP contribution is -2.13. The lowest BCUT2D eigenvalue weighted by atomic mass is 10.1. The van der Waals surface area contributed by atoms with E-state index < -0.39 is 10.0 Å². The Morgan fingerprint density at radius 3 is 2.64 bits per heavy atom. The first-order chi connectivity index (χ1) is 13.5. The van der Waals surface area contributed by atoms with E-state index in [0.717, 1.165) is 17.5 Å². The summed E-state index contributed by atoms with van der Waals surface area (Å²) in [6.45, 7) is 2.01. The molecule has 4 rings (SSSR count). The molecule has 0 unspecified atom stereocenters. The molecule has 0 amide bonds. The van der Waals surface area contributed by atoms with Crippen molar-refractivity contribution >= 4 is 21.4 Å². The normalized spacial score (nSPS) is 11.6. The number of benzene rings is 2. The second-order valence-corrected chi connectivity index (χ2v) is 7.83. The Bertz CT molecular complexity index is 1250. The molecule has 0 aliphatic carbocycles. The fourth-order valence-corrected chi connectivity index (χ4v) is 3.94. The summed E-state index contributed by atoms with van der Waals surface area (Å²) < 4.78 is 29.2. The van der Waals surface area contributed by atoms with Gasteiger partial charge in [0.25, 0.3) is 10.0 Å². The molecular weight excluding hydrogens is 378 g/mol. The van der Waals surface area contributed by atoms with Crippen LogP contribution in [-0.4, -0.2) is 33.1 Å². The number of aromatic nitrogens is 4. The molecule has 9 heteroatoms. The number of aryl methyl sites for hydroxylation is 1. The van der Waals surface area contributed by atoms with Crippen LogP contribution in [0.25, 0.3) is 16.8 Å². The van der Waals surface area contributed by atoms with Crippen LogP contribution in [0.4, 0.5) is 5.69 Å². The number of anilines is 1. The van der Waals surface area contributed by atoms with Gasteiger partial charge in [0.05, 0.1) is 11.1 Å². The zero-order valence-electron chi connectivity index (χ0n) is 14.9. The molecule has 4 aromatic rings. The quantitative estimate of drug-likeness (QED) is 0.538. The van der Waals surface area contributed by atoms with Gasteiger partial charge < -0.3 is 5.11 Å². The summed E-state index contributed by atoms with van der Waals surface area (Å²) in [5.41, 5.74) is 3.38. The second-order valence-electron chi connectivity index (χ2n) is 6.15. The molecule has 0 bridgehead atoms. The Kier molecular flexibility index (Phi) is 4.44. The van der Waals surface area contributed by atoms with Gasteiger partial charge >= 0.3 is 6.01 Å². The third kappa shape index (κ3) is 3.27. The van der Waals surface area contributed by atoms with E-state index in [9.17, 15) is 13.5 Å². The standard InChI is InChI=1S/C19H17N5O3S/c1-2-13-4-3-5-15(10-13)23-28(26,27)16-8-6-14(7-9-16)17-11-22-24-18(17)20-12-21-19(24)25/h3-12,23H,2H2,1H3,(H,20,21,25). The van der Waals surface area contributed by atoms with Crippen LogP contribution in [0.3, 0.4) is 0 Å². The van der Waals surface area contributed by atoms with Crippen LogP contribution >= 0.6 is 0 Å². The molecule has 0 atom stereocenters. The smallest absolute Gasteiger partial charge is 0.318 e. The largest absolute Gasteiger partial charge is 0.479 e. The predicted molar refractivity (Wildman–Crippen MR) is 105 cm³/mol. The first-order valence-corrected chi connectivity index (χ1v) is 10.1. The maximum absolute atomic E-state index is 12.7. The fraction of sp³-hybridized carbons (Fsp3) is 0.105. The summed E-state index contributed by atoms with van der Waals surface area (Å²) >= 11 is 0. The Morgan fingerprint density at radius 2 is 1.89 bits per heavy atom. The summed E-state index contributed by atoms with van der Waals surface area (Å²) in [5.74, 6) is 0. The van der Waals surface area contributed by atoms with Gasteiger partial charge in [0.1, 0.15) is 6.33 Å². The van der Waals surface area contributed by atoms with Crippen molar-refractivity contribution in [1.29, 1.82) is 0 Å². The average molecular weight is 395 g/mol. The minimum absolute atomic E-state index is 0.145. The number of hydrogen-bond donors (Lipinski definition) is 2. The Hall–Kier alpha value is -3.46. The lowest BCUT2D eigenvalue weighted by molar-refractivity contribution is 0.411. The number of sulfonamides is 1. The van der Waals surface area contributed by atoms with Crippen LogP contribution in [0.15, 0.2) is 66.0 Å². The van der Waals surface area contributed by atoms with Crippen molar-refractivity contribution in [1.82, 2.24) is 19.6 Å². The van der Waals surface area contributed by atoms with Gasteiger partial charge in [0.15, 0.2) is 5.65 Å². The number of nitrogens with zero attached hydrogens (tertiary/aromatic N) is 4. The first kappa shape index (κ1) is 17.9. The second kappa shape index (κ2) is 6.93. The van der Waals surface area contributed by atoms with Crippen molar-refractivity contribution in [3.8, 4) is 17.1 Å². The monoisotopic (exact) mass is 395 g/mol. The van der Waals surface area contributed by atoms with Crippen LogP contribution in [-0.2, 0) is 16.4 Å². The molecule has 0 saturated carbocycles. The van der Waals surface area contributed by atoms with Crippen LogP contribution < -0.4 is 4.72 Å². The zero-order valence-corrected chi connectivity index (χ0v) is 15.8. The molecule has 142 valence electrons. The molecule has 0 aliphatic heterocycles. The molecule has 0 saturated heterocycles. The lowest BCUT2D eigenvalue weighted by Gasteiger charge is -2.09. The Morgan fingerprint density at radius 1 is 1.11 bits per heavy atom. The van der Waals surface area contributed by atoms with E-state index in [1.165, 1.54) is 23.0 Å². The van der Waals surface area contributed by atoms with Crippen molar-refractivity contribution in [2.45, 2.75) is 18.2 Å². The minimum Gasteiger partial charge on any atom is -0.479 e. The molecule has 28 heavy (non-hydrogen) atoms. The topological polar surface area (TPSA) is 109 Å². The van der Waals surface area contributed by atoms with Gasteiger partial charge in [0, 0.05) is 11.3 Å². The summed E-state index contributed by atoms with van der Waals surface area (Å²) in [6.07, 6.45) is 3.60. The van der Waals surface area contributed by atoms with Gasteiger partial charge in [-0.2, -0.15) is 14.6 Å². The summed E-state index contributed by atoms with van der Waals surface area (Å²) in [5, 5.41) is 13.8. The number of nitrogens with one attached hydrogen (secondary N) is 1. The third-order valence-electron chi connectivity index (χ3n) is 4.35. The van der Waals surface area contributed by atoms with Crippen LogP contribution in [0.2, 0.25) is 0 Å². The van der Waals surface area contributed by atoms with E-state index in [0.29, 0.717) is 16.9 Å². The van der Waals surface area contributed by atoms with E-state index in [4.69, 9.17) is 0 Å². The van der Waals surface area contributed by atoms with Crippen molar-refractivity contribution < 1.29 is 13.5 Å². The maximum Gasteiger partial charge on any atom is 0.318 e. The minimum atomic E-state index is -3.71. The van der Waals surface area contributed by atoms with Gasteiger partial charge in [-0.3, -0.25) is 4.72 Å². The molecule has 0 aliphatic rings. The Balaban J connectivity index is 1.64. The molecule has 0 fully saturated rings. The van der Waals surface area contributed by atoms with Crippen molar-refractivity contribution in [3.63, 3.8) is 0 Å². The van der Waals surface area contributed by atoms with Gasteiger partial charge in [-0.05, 0) is 41.8 Å². The number of aromatic hydroxyl groups is 1. The molecule has 2 heterocycles. The summed E-state index contributed by atoms with van der Waals surface area (Å²) in [4.78, 5) is 7.94. The van der Waals surface area contributed by atoms with Crippen molar-refractivity contribution in [3.05, 3.63) is 66.6 Å². The summed E-state index contributed by atoms with van der Waals surface area (Å²) in [7, 11) is -3.71. The molecule has 0 spiro atoms. The molecule has 2 aromatic heterocycles. The molecule has 8 nitrogen and oxygen atoms in total. The fourth-order valence-electron chi connectivity index (χ4n) is 2.89. The first-order valence-electron chi connectivity index (χ1n) is 8.58. The van der Waals surface area contributed by atoms with Gasteiger partial charge in [-0.15, -0.1) is 0 Å². The number of fused-ring (bicyclic) bond motifs is 1. The highest BCUT2D eigenvalue weighted by Crippen LogP contribution is 2.26. The molecular formula is C19H17N5O3S. The van der Waals surface area contributed by atoms with Gasteiger partial charge in [-0.1, -0.05) is 31.2 Å². The van der Waals surface area contributed by atoms with E-state index in [2.05, 4.69) is 19.8 Å². The van der Waals surface area contributed by atoms with Crippen LogP contribution in [0, 0.1) is 0 Å². The zero-order chi connectivity index (χ0) is 19.7. The van der Waals surface area contributed by atoms with Crippen molar-refractivity contribution in [2.24, 2.45) is 0 Å². The van der Waals surface area contributed by atoms with Crippen molar-refractivity contribution in [2.75, 3.05) is 4.72 Å².